The number of hydrogen-bond donors (Lipinski definition) is 4. The number of aromatic nitrogens is 1. The van der Waals surface area contributed by atoms with E-state index >= 15 is 0 Å². The first kappa shape index (κ1) is 12.9. The van der Waals surface area contributed by atoms with E-state index in [4.69, 9.17) is 16.6 Å². The zero-order chi connectivity index (χ0) is 13.0. The molecule has 1 rings (SSSR count). The number of amides is 1. The fourth-order valence-electron chi connectivity index (χ4n) is 1.35. The minimum atomic E-state index is -1.04. The Balaban J connectivity index is 3.14. The molecule has 7 heteroatoms. The molecule has 0 saturated heterocycles. The number of carboxylic acids is 1. The standard InChI is InChI=1S/C10H14N4O3/c1-5(10(16)17)14-6-2-3-13-7(4-11)8(6)9(12)15/h2-3,5H,4,11H2,1H3,(H2,12,15)(H,13,14)(H,16,17)/t5-/m0/s1. The lowest BCUT2D eigenvalue weighted by Crippen LogP contribution is -2.28. The summed E-state index contributed by atoms with van der Waals surface area (Å²) in [6.07, 6.45) is 1.44. The minimum Gasteiger partial charge on any atom is -0.480 e. The highest BCUT2D eigenvalue weighted by atomic mass is 16.4. The Kier molecular flexibility index (Phi) is 4.00. The van der Waals surface area contributed by atoms with Crippen molar-refractivity contribution in [1.82, 2.24) is 4.98 Å². The Morgan fingerprint density at radius 2 is 2.24 bits per heavy atom. The molecule has 0 unspecified atom stereocenters. The number of carbonyl (C=O) groups is 2. The van der Waals surface area contributed by atoms with Crippen molar-refractivity contribution in [3.05, 3.63) is 23.5 Å². The zero-order valence-electron chi connectivity index (χ0n) is 9.30. The molecule has 0 radical (unpaired) electrons. The fourth-order valence-corrected chi connectivity index (χ4v) is 1.35. The summed E-state index contributed by atoms with van der Waals surface area (Å²) in [5.41, 5.74) is 11.4. The van der Waals surface area contributed by atoms with E-state index in [9.17, 15) is 9.59 Å². The van der Waals surface area contributed by atoms with Gasteiger partial charge in [0.05, 0.1) is 16.9 Å². The van der Waals surface area contributed by atoms with Crippen molar-refractivity contribution in [3.63, 3.8) is 0 Å². The number of anilines is 1. The normalized spacial score (nSPS) is 11.9. The molecule has 92 valence electrons. The molecule has 1 atom stereocenters. The lowest BCUT2D eigenvalue weighted by Gasteiger charge is -2.15. The number of nitrogens with two attached hydrogens (primary N) is 2. The van der Waals surface area contributed by atoms with E-state index in [1.165, 1.54) is 19.2 Å². The largest absolute Gasteiger partial charge is 0.480 e. The molecule has 17 heavy (non-hydrogen) atoms. The third-order valence-corrected chi connectivity index (χ3v) is 2.21. The van der Waals surface area contributed by atoms with Gasteiger partial charge in [-0.3, -0.25) is 14.6 Å². The van der Waals surface area contributed by atoms with Crippen molar-refractivity contribution in [3.8, 4) is 0 Å². The maximum Gasteiger partial charge on any atom is 0.325 e. The highest BCUT2D eigenvalue weighted by molar-refractivity contribution is 6.00. The van der Waals surface area contributed by atoms with Gasteiger partial charge in [0.25, 0.3) is 5.91 Å². The van der Waals surface area contributed by atoms with Crippen LogP contribution in [0.1, 0.15) is 23.0 Å². The average Bonchev–Trinajstić information content (AvgIpc) is 2.27. The van der Waals surface area contributed by atoms with Gasteiger partial charge in [-0.25, -0.2) is 0 Å². The lowest BCUT2D eigenvalue weighted by atomic mass is 10.1. The van der Waals surface area contributed by atoms with Gasteiger partial charge in [0, 0.05) is 12.7 Å². The number of aliphatic carboxylic acids is 1. The van der Waals surface area contributed by atoms with E-state index in [1.54, 1.807) is 0 Å². The van der Waals surface area contributed by atoms with Crippen LogP contribution in [0.2, 0.25) is 0 Å². The predicted octanol–water partition coefficient (Wildman–Crippen LogP) is -0.476. The Labute approximate surface area is 97.8 Å². The van der Waals surface area contributed by atoms with Crippen molar-refractivity contribution >= 4 is 17.6 Å². The Morgan fingerprint density at radius 1 is 1.59 bits per heavy atom. The summed E-state index contributed by atoms with van der Waals surface area (Å²) in [6.45, 7) is 1.50. The number of pyridine rings is 1. The van der Waals surface area contributed by atoms with Gasteiger partial charge >= 0.3 is 5.97 Å². The first-order valence-corrected chi connectivity index (χ1v) is 4.94. The van der Waals surface area contributed by atoms with Crippen molar-refractivity contribution in [2.45, 2.75) is 19.5 Å². The summed E-state index contributed by atoms with van der Waals surface area (Å²) < 4.78 is 0. The molecule has 1 aromatic rings. The van der Waals surface area contributed by atoms with Crippen LogP contribution < -0.4 is 16.8 Å². The highest BCUT2D eigenvalue weighted by Crippen LogP contribution is 2.18. The second-order valence-corrected chi connectivity index (χ2v) is 3.45. The molecule has 0 bridgehead atoms. The van der Waals surface area contributed by atoms with Gasteiger partial charge in [-0.05, 0) is 13.0 Å². The van der Waals surface area contributed by atoms with E-state index < -0.39 is 17.9 Å². The van der Waals surface area contributed by atoms with Gasteiger partial charge in [-0.15, -0.1) is 0 Å². The van der Waals surface area contributed by atoms with E-state index in [-0.39, 0.29) is 12.1 Å². The van der Waals surface area contributed by atoms with Crippen LogP contribution in [0, 0.1) is 0 Å². The average molecular weight is 238 g/mol. The molecule has 0 fully saturated rings. The van der Waals surface area contributed by atoms with Crippen LogP contribution in [0.5, 0.6) is 0 Å². The molecular formula is C10H14N4O3. The van der Waals surface area contributed by atoms with Gasteiger partial charge in [-0.2, -0.15) is 0 Å². The number of hydrogen-bond acceptors (Lipinski definition) is 5. The monoisotopic (exact) mass is 238 g/mol. The molecule has 1 heterocycles. The second kappa shape index (κ2) is 5.26. The fraction of sp³-hybridized carbons (Fsp3) is 0.300. The smallest absolute Gasteiger partial charge is 0.325 e. The molecule has 0 aliphatic carbocycles. The van der Waals surface area contributed by atoms with Crippen LogP contribution in [0.3, 0.4) is 0 Å². The van der Waals surface area contributed by atoms with Crippen LogP contribution in [0.15, 0.2) is 12.3 Å². The SMILES string of the molecule is C[C@H](Nc1ccnc(CN)c1C(N)=O)C(=O)O. The van der Waals surface area contributed by atoms with E-state index in [0.29, 0.717) is 11.4 Å². The Morgan fingerprint density at radius 3 is 2.71 bits per heavy atom. The van der Waals surface area contributed by atoms with Crippen molar-refractivity contribution in [2.24, 2.45) is 11.5 Å². The molecule has 0 aliphatic heterocycles. The van der Waals surface area contributed by atoms with Crippen molar-refractivity contribution < 1.29 is 14.7 Å². The van der Waals surface area contributed by atoms with E-state index in [1.807, 2.05) is 0 Å². The molecule has 0 aromatic carbocycles. The summed E-state index contributed by atoms with van der Waals surface area (Å²) in [4.78, 5) is 25.9. The predicted molar refractivity (Wildman–Crippen MR) is 61.4 cm³/mol. The minimum absolute atomic E-state index is 0.0508. The van der Waals surface area contributed by atoms with Gasteiger partial charge < -0.3 is 21.9 Å². The van der Waals surface area contributed by atoms with Crippen LogP contribution in [0.4, 0.5) is 5.69 Å². The van der Waals surface area contributed by atoms with Crippen molar-refractivity contribution in [2.75, 3.05) is 5.32 Å². The third kappa shape index (κ3) is 2.91. The zero-order valence-corrected chi connectivity index (χ0v) is 9.30. The molecule has 6 N–H and O–H groups in total. The van der Waals surface area contributed by atoms with Gasteiger partial charge in [-0.1, -0.05) is 0 Å². The summed E-state index contributed by atoms with van der Waals surface area (Å²) in [6, 6.07) is 0.639. The molecule has 0 spiro atoms. The molecule has 7 nitrogen and oxygen atoms in total. The molecule has 1 aromatic heterocycles. The number of rotatable bonds is 5. The topological polar surface area (TPSA) is 131 Å². The van der Waals surface area contributed by atoms with E-state index in [2.05, 4.69) is 10.3 Å². The first-order valence-electron chi connectivity index (χ1n) is 4.94. The number of nitrogens with zero attached hydrogens (tertiary/aromatic N) is 1. The third-order valence-electron chi connectivity index (χ3n) is 2.21. The van der Waals surface area contributed by atoms with Gasteiger partial charge in [0.2, 0.25) is 0 Å². The highest BCUT2D eigenvalue weighted by Gasteiger charge is 2.17. The summed E-state index contributed by atoms with van der Waals surface area (Å²) in [5.74, 6) is -1.73. The van der Waals surface area contributed by atoms with Gasteiger partial charge in [0.15, 0.2) is 0 Å². The van der Waals surface area contributed by atoms with Crippen LogP contribution >= 0.6 is 0 Å². The summed E-state index contributed by atoms with van der Waals surface area (Å²) in [7, 11) is 0. The van der Waals surface area contributed by atoms with E-state index in [0.717, 1.165) is 0 Å². The molecule has 0 aliphatic rings. The van der Waals surface area contributed by atoms with Gasteiger partial charge in [0.1, 0.15) is 6.04 Å². The first-order chi connectivity index (χ1) is 7.97. The Bertz CT molecular complexity index is 447. The van der Waals surface area contributed by atoms with Crippen LogP contribution in [0.25, 0.3) is 0 Å². The maximum atomic E-state index is 11.3. The molecular weight excluding hydrogens is 224 g/mol. The quantitative estimate of drug-likeness (QED) is 0.548. The summed E-state index contributed by atoms with van der Waals surface area (Å²) >= 11 is 0. The van der Waals surface area contributed by atoms with Crippen molar-refractivity contribution in [1.29, 1.82) is 0 Å². The second-order valence-electron chi connectivity index (χ2n) is 3.45. The molecule has 1 amide bonds. The number of nitrogens with one attached hydrogen (secondary N) is 1. The lowest BCUT2D eigenvalue weighted by molar-refractivity contribution is -0.137. The maximum absolute atomic E-state index is 11.3. The number of carboxylic acid groups (broad SMARTS) is 1. The van der Waals surface area contributed by atoms with Crippen LogP contribution in [-0.4, -0.2) is 28.0 Å². The molecule has 0 saturated carbocycles. The summed E-state index contributed by atoms with van der Waals surface area (Å²) in [5, 5.41) is 11.5. The number of primary amides is 1. The Hall–Kier alpha value is -2.15. The van der Waals surface area contributed by atoms with Crippen LogP contribution in [-0.2, 0) is 11.3 Å². The number of carbonyl (C=O) groups excluding carboxylic acids is 1.